The number of ether oxygens (including phenoxy) is 1. The summed E-state index contributed by atoms with van der Waals surface area (Å²) in [4.78, 5) is 15.5. The van der Waals surface area contributed by atoms with Crippen molar-refractivity contribution in [3.05, 3.63) is 72.3 Å². The molecule has 0 aliphatic heterocycles. The summed E-state index contributed by atoms with van der Waals surface area (Å²) >= 11 is 0. The van der Waals surface area contributed by atoms with Crippen molar-refractivity contribution in [1.82, 2.24) is 10.4 Å². The predicted octanol–water partition coefficient (Wildman–Crippen LogP) is 3.43. The Kier molecular flexibility index (Phi) is 5.04. The number of hydrazone groups is 1. The normalized spacial score (nSPS) is 11.4. The zero-order valence-electron chi connectivity index (χ0n) is 16.2. The molecule has 0 saturated heterocycles. The van der Waals surface area contributed by atoms with Gasteiger partial charge in [0.15, 0.2) is 5.84 Å². The third kappa shape index (κ3) is 3.79. The number of carbonyl (C=O) groups is 1. The lowest BCUT2D eigenvalue weighted by molar-refractivity contribution is 0.249. The Balaban J connectivity index is 1.75. The quantitative estimate of drug-likeness (QED) is 0.177. The molecule has 0 aliphatic rings. The number of rotatable bonds is 5. The Hall–Kier alpha value is -4.33. The number of nitrogens with one attached hydrogen (secondary N) is 2. The van der Waals surface area contributed by atoms with E-state index in [0.29, 0.717) is 5.56 Å². The lowest BCUT2D eigenvalue weighted by Crippen LogP contribution is -2.28. The van der Waals surface area contributed by atoms with Gasteiger partial charge in [0, 0.05) is 22.0 Å². The standard InChI is InChI=1S/C22H20N6O2/c1-30-15-10-11-19-17(12-15)20(16-4-2-3-5-18(16)26-19)25-14-8-6-13(7-9-14)21(23)27-28-22(24)29/h2-12H,1H3,(H2,23,27)(H,25,26)(H3,24,28,29). The minimum atomic E-state index is -0.775. The second-order valence-corrected chi connectivity index (χ2v) is 6.56. The van der Waals surface area contributed by atoms with Crippen LogP contribution in [0.1, 0.15) is 5.56 Å². The molecule has 0 aliphatic carbocycles. The monoisotopic (exact) mass is 400 g/mol. The second kappa shape index (κ2) is 7.96. The first-order valence-electron chi connectivity index (χ1n) is 9.18. The molecular weight excluding hydrogens is 380 g/mol. The van der Waals surface area contributed by atoms with Crippen molar-refractivity contribution in [3.63, 3.8) is 0 Å². The molecule has 4 rings (SSSR count). The number of urea groups is 1. The van der Waals surface area contributed by atoms with Crippen LogP contribution in [0.2, 0.25) is 0 Å². The fourth-order valence-corrected chi connectivity index (χ4v) is 3.18. The van der Waals surface area contributed by atoms with Gasteiger partial charge in [0.25, 0.3) is 0 Å². The van der Waals surface area contributed by atoms with E-state index >= 15 is 0 Å². The molecule has 0 unspecified atom stereocenters. The summed E-state index contributed by atoms with van der Waals surface area (Å²) < 4.78 is 5.40. The topological polar surface area (TPSA) is 128 Å². The molecule has 0 spiro atoms. The number of nitrogens with two attached hydrogens (primary N) is 2. The van der Waals surface area contributed by atoms with Crippen LogP contribution in [0.3, 0.4) is 0 Å². The third-order valence-corrected chi connectivity index (χ3v) is 4.62. The summed E-state index contributed by atoms with van der Waals surface area (Å²) in [5, 5.41) is 9.17. The molecule has 2 amide bonds. The van der Waals surface area contributed by atoms with Gasteiger partial charge in [-0.15, -0.1) is 0 Å². The van der Waals surface area contributed by atoms with Crippen LogP contribution in [0, 0.1) is 0 Å². The van der Waals surface area contributed by atoms with Crippen molar-refractivity contribution < 1.29 is 9.53 Å². The second-order valence-electron chi connectivity index (χ2n) is 6.56. The molecule has 3 aromatic carbocycles. The number of hydrogen-bond donors (Lipinski definition) is 4. The summed E-state index contributed by atoms with van der Waals surface area (Å²) in [5.74, 6) is 0.911. The van der Waals surface area contributed by atoms with Crippen molar-refractivity contribution in [2.24, 2.45) is 16.6 Å². The maximum atomic E-state index is 10.8. The fraction of sp³-hybridized carbons (Fsp3) is 0.0455. The van der Waals surface area contributed by atoms with Crippen LogP contribution in [-0.4, -0.2) is 24.0 Å². The lowest BCUT2D eigenvalue weighted by atomic mass is 10.1. The van der Waals surface area contributed by atoms with Gasteiger partial charge in [-0.05, 0) is 48.5 Å². The number of para-hydroxylation sites is 1. The summed E-state index contributed by atoms with van der Waals surface area (Å²) in [6, 6.07) is 20.3. The molecule has 1 aromatic heterocycles. The van der Waals surface area contributed by atoms with E-state index in [2.05, 4.69) is 15.8 Å². The number of hydrogen-bond acceptors (Lipinski definition) is 5. The molecule has 0 radical (unpaired) electrons. The molecule has 8 nitrogen and oxygen atoms in total. The van der Waals surface area contributed by atoms with Gasteiger partial charge >= 0.3 is 6.03 Å². The number of carbonyl (C=O) groups excluding carboxylic acids is 1. The average Bonchev–Trinajstić information content (AvgIpc) is 2.77. The Bertz CT molecular complexity index is 1270. The number of benzene rings is 3. The van der Waals surface area contributed by atoms with E-state index < -0.39 is 6.03 Å². The highest BCUT2D eigenvalue weighted by Crippen LogP contribution is 2.34. The highest BCUT2D eigenvalue weighted by molar-refractivity contribution is 6.09. The van der Waals surface area contributed by atoms with Crippen LogP contribution >= 0.6 is 0 Å². The van der Waals surface area contributed by atoms with Gasteiger partial charge in [0.2, 0.25) is 0 Å². The van der Waals surface area contributed by atoms with Crippen molar-refractivity contribution >= 4 is 45.0 Å². The largest absolute Gasteiger partial charge is 0.497 e. The Morgan fingerprint density at radius 3 is 2.43 bits per heavy atom. The highest BCUT2D eigenvalue weighted by atomic mass is 16.5. The number of methoxy groups -OCH3 is 1. The number of nitrogens with zero attached hydrogens (tertiary/aromatic N) is 2. The molecule has 8 heteroatoms. The van der Waals surface area contributed by atoms with Crippen LogP contribution in [0.4, 0.5) is 16.2 Å². The van der Waals surface area contributed by atoms with Crippen molar-refractivity contribution in [2.45, 2.75) is 0 Å². The smallest absolute Gasteiger partial charge is 0.332 e. The van der Waals surface area contributed by atoms with Gasteiger partial charge in [0.05, 0.1) is 23.8 Å². The van der Waals surface area contributed by atoms with Crippen LogP contribution in [0.15, 0.2) is 71.8 Å². The maximum absolute atomic E-state index is 10.8. The molecule has 6 N–H and O–H groups in total. The number of anilines is 2. The first-order chi connectivity index (χ1) is 14.5. The lowest BCUT2D eigenvalue weighted by Gasteiger charge is -2.14. The third-order valence-electron chi connectivity index (χ3n) is 4.62. The van der Waals surface area contributed by atoms with Crippen LogP contribution in [0.25, 0.3) is 21.8 Å². The number of amides is 2. The SMILES string of the molecule is COc1ccc2nc3ccccc3c(Nc3ccc(/C(N)=N/NC(N)=O)cc3)c2c1. The molecule has 0 saturated carbocycles. The van der Waals surface area contributed by atoms with E-state index in [4.69, 9.17) is 21.2 Å². The van der Waals surface area contributed by atoms with Crippen molar-refractivity contribution in [3.8, 4) is 5.75 Å². The fourth-order valence-electron chi connectivity index (χ4n) is 3.18. The summed E-state index contributed by atoms with van der Waals surface area (Å²) in [6.07, 6.45) is 0. The van der Waals surface area contributed by atoms with Gasteiger partial charge in [0.1, 0.15) is 5.75 Å². The van der Waals surface area contributed by atoms with E-state index in [0.717, 1.165) is 38.9 Å². The molecule has 150 valence electrons. The zero-order chi connectivity index (χ0) is 21.1. The average molecular weight is 400 g/mol. The first-order valence-corrected chi connectivity index (χ1v) is 9.18. The number of primary amides is 1. The molecule has 1 heterocycles. The van der Waals surface area contributed by atoms with Gasteiger partial charge < -0.3 is 21.5 Å². The molecule has 0 bridgehead atoms. The number of fused-ring (bicyclic) bond motifs is 2. The maximum Gasteiger partial charge on any atom is 0.332 e. The molecular formula is C22H20N6O2. The molecule has 30 heavy (non-hydrogen) atoms. The van der Waals surface area contributed by atoms with Crippen molar-refractivity contribution in [1.29, 1.82) is 0 Å². The minimum absolute atomic E-state index is 0.157. The molecule has 4 aromatic rings. The zero-order valence-corrected chi connectivity index (χ0v) is 16.2. The molecule has 0 atom stereocenters. The Labute approximate surface area is 172 Å². The van der Waals surface area contributed by atoms with E-state index in [-0.39, 0.29) is 5.84 Å². The van der Waals surface area contributed by atoms with Gasteiger partial charge in [-0.1, -0.05) is 18.2 Å². The van der Waals surface area contributed by atoms with E-state index in [1.165, 1.54) is 0 Å². The summed E-state index contributed by atoms with van der Waals surface area (Å²) in [5.41, 5.74) is 17.2. The summed E-state index contributed by atoms with van der Waals surface area (Å²) in [6.45, 7) is 0. The number of aromatic nitrogens is 1. The van der Waals surface area contributed by atoms with E-state index in [1.54, 1.807) is 19.2 Å². The minimum Gasteiger partial charge on any atom is -0.497 e. The van der Waals surface area contributed by atoms with Gasteiger partial charge in [-0.3, -0.25) is 0 Å². The van der Waals surface area contributed by atoms with Crippen molar-refractivity contribution in [2.75, 3.05) is 12.4 Å². The highest BCUT2D eigenvalue weighted by Gasteiger charge is 2.11. The van der Waals surface area contributed by atoms with Crippen LogP contribution in [0.5, 0.6) is 5.75 Å². The van der Waals surface area contributed by atoms with Crippen LogP contribution in [-0.2, 0) is 0 Å². The van der Waals surface area contributed by atoms with Gasteiger partial charge in [-0.25, -0.2) is 15.2 Å². The summed E-state index contributed by atoms with van der Waals surface area (Å²) in [7, 11) is 1.64. The Morgan fingerprint density at radius 1 is 0.967 bits per heavy atom. The predicted molar refractivity (Wildman–Crippen MR) is 119 cm³/mol. The van der Waals surface area contributed by atoms with Gasteiger partial charge in [-0.2, -0.15) is 5.10 Å². The molecule has 0 fully saturated rings. The number of pyridine rings is 1. The van der Waals surface area contributed by atoms with E-state index in [1.807, 2.05) is 54.6 Å². The van der Waals surface area contributed by atoms with Crippen LogP contribution < -0.4 is 26.9 Å². The number of amidine groups is 1. The first kappa shape index (κ1) is 19.0. The van der Waals surface area contributed by atoms with E-state index in [9.17, 15) is 4.79 Å². The Morgan fingerprint density at radius 2 is 1.70 bits per heavy atom.